The Kier molecular flexibility index (Phi) is 12.4. The average Bonchev–Trinajstić information content (AvgIpc) is 2.85. The van der Waals surface area contributed by atoms with E-state index in [9.17, 15) is 4.79 Å². The third kappa shape index (κ3) is 10.2. The summed E-state index contributed by atoms with van der Waals surface area (Å²) in [4.78, 5) is 10.4. The van der Waals surface area contributed by atoms with Crippen molar-refractivity contribution in [3.8, 4) is 23.3 Å². The van der Waals surface area contributed by atoms with Crippen molar-refractivity contribution in [3.63, 3.8) is 0 Å². The summed E-state index contributed by atoms with van der Waals surface area (Å²) >= 11 is 3.53. The minimum atomic E-state index is -0.150. The van der Waals surface area contributed by atoms with Gasteiger partial charge in [-0.3, -0.25) is 4.79 Å². The molecule has 4 heteroatoms. The maximum absolute atomic E-state index is 10.4. The van der Waals surface area contributed by atoms with Gasteiger partial charge in [-0.1, -0.05) is 37.0 Å². The third-order valence-electron chi connectivity index (χ3n) is 4.48. The molecule has 0 bridgehead atoms. The molecule has 0 N–H and O–H groups in total. The van der Waals surface area contributed by atoms with Gasteiger partial charge in [-0.2, -0.15) is 12.6 Å². The van der Waals surface area contributed by atoms with Crippen LogP contribution in [0.5, 0.6) is 11.5 Å². The van der Waals surface area contributed by atoms with Gasteiger partial charge in [-0.25, -0.2) is 0 Å². The van der Waals surface area contributed by atoms with E-state index < -0.39 is 0 Å². The van der Waals surface area contributed by atoms with Crippen molar-refractivity contribution in [1.29, 1.82) is 0 Å². The van der Waals surface area contributed by atoms with E-state index in [-0.39, 0.29) is 5.60 Å². The number of benzene rings is 3. The second-order valence-electron chi connectivity index (χ2n) is 7.25. The molecule has 32 heavy (non-hydrogen) atoms. The smallest absolute Gasteiger partial charge is 0.150 e. The molecule has 0 unspecified atom stereocenters. The number of thiol groups is 1. The summed E-state index contributed by atoms with van der Waals surface area (Å²) < 4.78 is 10.8. The lowest BCUT2D eigenvalue weighted by atomic mass is 10.1. The first-order valence-corrected chi connectivity index (χ1v) is 11.3. The van der Waals surface area contributed by atoms with E-state index in [0.717, 1.165) is 35.3 Å². The van der Waals surface area contributed by atoms with Gasteiger partial charge in [0.25, 0.3) is 0 Å². The number of aldehydes is 1. The molecule has 168 valence electrons. The minimum absolute atomic E-state index is 0.150. The van der Waals surface area contributed by atoms with Crippen LogP contribution in [-0.4, -0.2) is 25.3 Å². The molecule has 3 nitrogen and oxygen atoms in total. The highest BCUT2D eigenvalue weighted by Crippen LogP contribution is 2.20. The zero-order valence-electron chi connectivity index (χ0n) is 19.5. The molecule has 3 aromatic carbocycles. The zero-order chi connectivity index (χ0) is 23.8. The maximum atomic E-state index is 10.4. The Hall–Kier alpha value is -3.16. The molecule has 0 radical (unpaired) electrons. The molecule has 3 rings (SSSR count). The number of carbonyl (C=O) groups excluding carboxylic acids is 1. The van der Waals surface area contributed by atoms with E-state index in [4.69, 9.17) is 9.47 Å². The highest BCUT2D eigenvalue weighted by molar-refractivity contribution is 7.79. The lowest BCUT2D eigenvalue weighted by Crippen LogP contribution is -2.26. The van der Waals surface area contributed by atoms with Gasteiger partial charge in [0.1, 0.15) is 23.4 Å². The van der Waals surface area contributed by atoms with Crippen LogP contribution >= 0.6 is 12.6 Å². The van der Waals surface area contributed by atoms with Crippen molar-refractivity contribution in [1.82, 2.24) is 0 Å². The molecule has 0 aliphatic heterocycles. The van der Waals surface area contributed by atoms with Crippen LogP contribution in [0.1, 0.15) is 48.7 Å². The Bertz CT molecular complexity index is 967. The predicted octanol–water partition coefficient (Wildman–Crippen LogP) is 6.71. The highest BCUT2D eigenvalue weighted by Gasteiger charge is 2.16. The molecule has 0 aliphatic rings. The van der Waals surface area contributed by atoms with Crippen LogP contribution in [0, 0.1) is 11.8 Å². The van der Waals surface area contributed by atoms with Gasteiger partial charge >= 0.3 is 0 Å². The molecule has 0 heterocycles. The van der Waals surface area contributed by atoms with E-state index in [1.165, 1.54) is 0 Å². The van der Waals surface area contributed by atoms with Gasteiger partial charge in [0.15, 0.2) is 0 Å². The summed E-state index contributed by atoms with van der Waals surface area (Å²) in [7, 11) is 1.66. The zero-order valence-corrected chi connectivity index (χ0v) is 20.4. The van der Waals surface area contributed by atoms with Crippen molar-refractivity contribution >= 4 is 18.9 Å². The van der Waals surface area contributed by atoms with Crippen LogP contribution in [0.3, 0.4) is 0 Å². The van der Waals surface area contributed by atoms with Crippen molar-refractivity contribution in [3.05, 3.63) is 95.6 Å². The minimum Gasteiger partial charge on any atom is -0.497 e. The van der Waals surface area contributed by atoms with Crippen LogP contribution in [0.4, 0.5) is 0 Å². The fraction of sp³-hybridized carbons (Fsp3) is 0.250. The van der Waals surface area contributed by atoms with Crippen molar-refractivity contribution in [2.45, 2.75) is 32.8 Å². The Morgan fingerprint density at radius 1 is 0.812 bits per heavy atom. The monoisotopic (exact) mass is 448 g/mol. The molecular formula is C28H32O3S. The molecule has 0 aliphatic carbocycles. The van der Waals surface area contributed by atoms with Crippen LogP contribution in [0.2, 0.25) is 0 Å². The summed E-state index contributed by atoms with van der Waals surface area (Å²) in [6, 6.07) is 24.8. The number of ether oxygens (including phenoxy) is 2. The molecule has 0 amide bonds. The largest absolute Gasteiger partial charge is 0.497 e. The summed E-state index contributed by atoms with van der Waals surface area (Å²) in [6.45, 7) is 6.17. The van der Waals surface area contributed by atoms with Crippen LogP contribution in [0.15, 0.2) is 78.9 Å². The summed E-state index contributed by atoms with van der Waals surface area (Å²) in [5.74, 6) is 7.87. The Labute approximate surface area is 198 Å². The van der Waals surface area contributed by atoms with E-state index in [2.05, 4.69) is 31.4 Å². The fourth-order valence-corrected chi connectivity index (χ4v) is 2.35. The molecule has 0 saturated carbocycles. The molecule has 0 fully saturated rings. The van der Waals surface area contributed by atoms with Crippen molar-refractivity contribution in [2.75, 3.05) is 13.4 Å². The standard InChI is InChI=1S/C15H12O.C12H16O2.CH4S/c1-16-15-11-9-14(10-12-15)8-7-13-5-3-2-4-6-13;1-4-12(2,3)14-11-7-5-10(9-13)6-8-11;1-2/h2-6,9-12H,1H3;5-9H,4H2,1-3H3;2H,1H3. The number of carbonyl (C=O) groups is 1. The van der Waals surface area contributed by atoms with Crippen molar-refractivity contribution < 1.29 is 14.3 Å². The van der Waals surface area contributed by atoms with E-state index in [1.807, 2.05) is 80.6 Å². The Balaban J connectivity index is 0.000000300. The Morgan fingerprint density at radius 2 is 1.31 bits per heavy atom. The topological polar surface area (TPSA) is 35.5 Å². The van der Waals surface area contributed by atoms with Gasteiger partial charge in [0.2, 0.25) is 0 Å². The summed E-state index contributed by atoms with van der Waals surface area (Å²) in [6.07, 6.45) is 3.47. The summed E-state index contributed by atoms with van der Waals surface area (Å²) in [5.41, 5.74) is 2.54. The van der Waals surface area contributed by atoms with Crippen LogP contribution in [-0.2, 0) is 0 Å². The molecule has 0 spiro atoms. The quantitative estimate of drug-likeness (QED) is 0.268. The Morgan fingerprint density at radius 3 is 1.78 bits per heavy atom. The first-order chi connectivity index (χ1) is 15.5. The van der Waals surface area contributed by atoms with Gasteiger partial charge < -0.3 is 9.47 Å². The second kappa shape index (κ2) is 14.8. The van der Waals surface area contributed by atoms with E-state index >= 15 is 0 Å². The molecule has 0 aromatic heterocycles. The van der Waals surface area contributed by atoms with Crippen molar-refractivity contribution in [2.24, 2.45) is 0 Å². The normalized spacial score (nSPS) is 9.56. The number of rotatable bonds is 5. The first-order valence-electron chi connectivity index (χ1n) is 10.4. The molecule has 0 atom stereocenters. The molecular weight excluding hydrogens is 416 g/mol. The van der Waals surface area contributed by atoms with Gasteiger partial charge in [0.05, 0.1) is 7.11 Å². The maximum Gasteiger partial charge on any atom is 0.150 e. The third-order valence-corrected chi connectivity index (χ3v) is 4.48. The van der Waals surface area contributed by atoms with Gasteiger partial charge in [-0.05, 0) is 87.2 Å². The summed E-state index contributed by atoms with van der Waals surface area (Å²) in [5, 5.41) is 0. The first kappa shape index (κ1) is 26.9. The van der Waals surface area contributed by atoms with Crippen LogP contribution < -0.4 is 9.47 Å². The second-order valence-corrected chi connectivity index (χ2v) is 7.25. The number of hydrogen-bond acceptors (Lipinski definition) is 4. The van der Waals surface area contributed by atoms with E-state index in [0.29, 0.717) is 5.56 Å². The molecule has 0 saturated heterocycles. The SMILES string of the molecule is CCC(C)(C)Oc1ccc(C=O)cc1.COc1ccc(C#Cc2ccccc2)cc1.CS. The number of hydrogen-bond donors (Lipinski definition) is 1. The lowest BCUT2D eigenvalue weighted by Gasteiger charge is -2.24. The highest BCUT2D eigenvalue weighted by atomic mass is 32.1. The van der Waals surface area contributed by atoms with Crippen LogP contribution in [0.25, 0.3) is 0 Å². The van der Waals surface area contributed by atoms with E-state index in [1.54, 1.807) is 25.5 Å². The lowest BCUT2D eigenvalue weighted by molar-refractivity contribution is 0.105. The van der Waals surface area contributed by atoms with Gasteiger partial charge in [-0.15, -0.1) is 0 Å². The van der Waals surface area contributed by atoms with Gasteiger partial charge in [0, 0.05) is 16.7 Å². The average molecular weight is 449 g/mol. The fourth-order valence-electron chi connectivity index (χ4n) is 2.35. The molecule has 3 aromatic rings. The number of methoxy groups -OCH3 is 1. The predicted molar refractivity (Wildman–Crippen MR) is 137 cm³/mol.